The summed E-state index contributed by atoms with van der Waals surface area (Å²) in [6.45, 7) is 1.52. The molecule has 2 aromatic heterocycles. The topological polar surface area (TPSA) is 63.9 Å². The highest BCUT2D eigenvalue weighted by molar-refractivity contribution is 5.92. The van der Waals surface area contributed by atoms with Gasteiger partial charge in [0.15, 0.2) is 0 Å². The zero-order valence-corrected chi connectivity index (χ0v) is 12.6. The highest BCUT2D eigenvalue weighted by atomic mass is 16.2. The molecule has 4 rings (SSSR count). The smallest absolute Gasteiger partial charge is 0.272 e. The predicted molar refractivity (Wildman–Crippen MR) is 80.2 cm³/mol. The van der Waals surface area contributed by atoms with E-state index in [1.807, 2.05) is 28.6 Å². The second-order valence-corrected chi connectivity index (χ2v) is 6.47. The molecule has 2 aliphatic rings. The number of pyridine rings is 1. The van der Waals surface area contributed by atoms with E-state index in [1.54, 1.807) is 18.6 Å². The normalized spacial score (nSPS) is 22.8. The van der Waals surface area contributed by atoms with Gasteiger partial charge in [-0.2, -0.15) is 0 Å². The lowest BCUT2D eigenvalue weighted by molar-refractivity contribution is 0.0718. The number of hydrogen-bond acceptors (Lipinski definition) is 4. The van der Waals surface area contributed by atoms with Crippen LogP contribution in [0.15, 0.2) is 30.7 Å². The van der Waals surface area contributed by atoms with Crippen molar-refractivity contribution in [1.82, 2.24) is 24.6 Å². The van der Waals surface area contributed by atoms with Crippen molar-refractivity contribution < 1.29 is 4.79 Å². The maximum Gasteiger partial charge on any atom is 0.272 e. The van der Waals surface area contributed by atoms with Gasteiger partial charge >= 0.3 is 0 Å². The molecule has 1 atom stereocenters. The molecule has 1 spiro atoms. The molecular formula is C16H19N5O. The third-order valence-corrected chi connectivity index (χ3v) is 5.23. The van der Waals surface area contributed by atoms with Crippen molar-refractivity contribution in [3.63, 3.8) is 0 Å². The molecule has 3 heterocycles. The van der Waals surface area contributed by atoms with Crippen LogP contribution < -0.4 is 0 Å². The third-order valence-electron chi connectivity index (χ3n) is 5.23. The van der Waals surface area contributed by atoms with Gasteiger partial charge in [-0.3, -0.25) is 9.78 Å². The van der Waals surface area contributed by atoms with Crippen LogP contribution in [0, 0.1) is 5.41 Å². The van der Waals surface area contributed by atoms with Crippen LogP contribution in [0.25, 0.3) is 0 Å². The van der Waals surface area contributed by atoms with Crippen molar-refractivity contribution in [2.24, 2.45) is 12.5 Å². The van der Waals surface area contributed by atoms with Crippen LogP contribution in [-0.4, -0.2) is 43.6 Å². The number of carbonyl (C=O) groups excluding carboxylic acids is 1. The van der Waals surface area contributed by atoms with Crippen LogP contribution in [0.1, 0.15) is 41.5 Å². The fourth-order valence-electron chi connectivity index (χ4n) is 3.88. The zero-order valence-electron chi connectivity index (χ0n) is 12.6. The number of nitrogens with zero attached hydrogens (tertiary/aromatic N) is 5. The summed E-state index contributed by atoms with van der Waals surface area (Å²) in [6.07, 6.45) is 6.97. The number of likely N-dealkylation sites (tertiary alicyclic amines) is 1. The SMILES string of the molecule is Cn1cnnc1C1CN(C(=O)c2ccccn2)CC12CCC2. The van der Waals surface area contributed by atoms with Crippen molar-refractivity contribution in [3.8, 4) is 0 Å². The van der Waals surface area contributed by atoms with Crippen LogP contribution in [0.3, 0.4) is 0 Å². The molecule has 0 radical (unpaired) electrons. The van der Waals surface area contributed by atoms with Crippen molar-refractivity contribution in [3.05, 3.63) is 42.2 Å². The van der Waals surface area contributed by atoms with Crippen molar-refractivity contribution in [2.45, 2.75) is 25.2 Å². The van der Waals surface area contributed by atoms with E-state index in [2.05, 4.69) is 15.2 Å². The van der Waals surface area contributed by atoms with Crippen LogP contribution in [0.5, 0.6) is 0 Å². The average Bonchev–Trinajstić information content (AvgIpc) is 3.10. The summed E-state index contributed by atoms with van der Waals surface area (Å²) in [6, 6.07) is 5.47. The molecule has 1 amide bonds. The van der Waals surface area contributed by atoms with Gasteiger partial charge in [-0.05, 0) is 30.4 Å². The van der Waals surface area contributed by atoms with Gasteiger partial charge in [-0.15, -0.1) is 10.2 Å². The molecular weight excluding hydrogens is 278 g/mol. The highest BCUT2D eigenvalue weighted by Crippen LogP contribution is 2.55. The summed E-state index contributed by atoms with van der Waals surface area (Å²) in [5.41, 5.74) is 0.709. The summed E-state index contributed by atoms with van der Waals surface area (Å²) in [4.78, 5) is 18.8. The summed E-state index contributed by atoms with van der Waals surface area (Å²) in [7, 11) is 1.98. The van der Waals surface area contributed by atoms with E-state index in [0.717, 1.165) is 25.2 Å². The van der Waals surface area contributed by atoms with Crippen LogP contribution >= 0.6 is 0 Å². The lowest BCUT2D eigenvalue weighted by atomic mass is 9.62. The number of amides is 1. The fourth-order valence-corrected chi connectivity index (χ4v) is 3.88. The van der Waals surface area contributed by atoms with Crippen LogP contribution in [-0.2, 0) is 7.05 Å². The molecule has 114 valence electrons. The minimum absolute atomic E-state index is 0.0246. The Bertz CT molecular complexity index is 692. The maximum atomic E-state index is 12.7. The van der Waals surface area contributed by atoms with E-state index < -0.39 is 0 Å². The Kier molecular flexibility index (Phi) is 2.99. The van der Waals surface area contributed by atoms with E-state index in [0.29, 0.717) is 12.2 Å². The Labute approximate surface area is 129 Å². The van der Waals surface area contributed by atoms with Gasteiger partial charge in [0.05, 0.1) is 0 Å². The monoisotopic (exact) mass is 297 g/mol. The number of aryl methyl sites for hydroxylation is 1. The van der Waals surface area contributed by atoms with Gasteiger partial charge in [-0.25, -0.2) is 0 Å². The zero-order chi connectivity index (χ0) is 15.2. The van der Waals surface area contributed by atoms with Gasteiger partial charge in [0, 0.05) is 32.3 Å². The summed E-state index contributed by atoms with van der Waals surface area (Å²) in [5, 5.41) is 8.32. The molecule has 0 N–H and O–H groups in total. The molecule has 1 saturated heterocycles. The number of carbonyl (C=O) groups is 1. The van der Waals surface area contributed by atoms with E-state index in [-0.39, 0.29) is 17.2 Å². The second-order valence-electron chi connectivity index (χ2n) is 6.47. The molecule has 22 heavy (non-hydrogen) atoms. The summed E-state index contributed by atoms with van der Waals surface area (Å²) in [5.74, 6) is 1.30. The first-order valence-electron chi connectivity index (χ1n) is 7.74. The lowest BCUT2D eigenvalue weighted by Gasteiger charge is -2.42. The highest BCUT2D eigenvalue weighted by Gasteiger charge is 2.53. The Morgan fingerprint density at radius 2 is 2.23 bits per heavy atom. The Morgan fingerprint density at radius 3 is 2.82 bits per heavy atom. The molecule has 0 bridgehead atoms. The van der Waals surface area contributed by atoms with E-state index in [1.165, 1.54) is 6.42 Å². The largest absolute Gasteiger partial charge is 0.336 e. The van der Waals surface area contributed by atoms with Gasteiger partial charge in [0.2, 0.25) is 0 Å². The average molecular weight is 297 g/mol. The molecule has 0 aromatic carbocycles. The third kappa shape index (κ3) is 1.94. The van der Waals surface area contributed by atoms with E-state index in [9.17, 15) is 4.79 Å². The first-order valence-corrected chi connectivity index (χ1v) is 7.74. The van der Waals surface area contributed by atoms with E-state index >= 15 is 0 Å². The molecule has 6 nitrogen and oxygen atoms in total. The minimum Gasteiger partial charge on any atom is -0.336 e. The molecule has 1 unspecified atom stereocenters. The molecule has 1 aliphatic carbocycles. The summed E-state index contributed by atoms with van der Waals surface area (Å²) >= 11 is 0. The molecule has 1 aliphatic heterocycles. The number of rotatable bonds is 2. The van der Waals surface area contributed by atoms with Crippen LogP contribution in [0.4, 0.5) is 0 Å². The molecule has 6 heteroatoms. The number of hydrogen-bond donors (Lipinski definition) is 0. The van der Waals surface area contributed by atoms with Gasteiger partial charge in [0.1, 0.15) is 17.8 Å². The lowest BCUT2D eigenvalue weighted by Crippen LogP contribution is -2.38. The Hall–Kier alpha value is -2.24. The summed E-state index contributed by atoms with van der Waals surface area (Å²) < 4.78 is 1.99. The van der Waals surface area contributed by atoms with Crippen molar-refractivity contribution >= 4 is 5.91 Å². The Balaban J connectivity index is 1.63. The van der Waals surface area contributed by atoms with Crippen LogP contribution in [0.2, 0.25) is 0 Å². The van der Waals surface area contributed by atoms with Gasteiger partial charge < -0.3 is 9.47 Å². The second kappa shape index (κ2) is 4.90. The predicted octanol–water partition coefficient (Wildman–Crippen LogP) is 1.62. The van der Waals surface area contributed by atoms with Crippen molar-refractivity contribution in [1.29, 1.82) is 0 Å². The van der Waals surface area contributed by atoms with Gasteiger partial charge in [-0.1, -0.05) is 12.5 Å². The maximum absolute atomic E-state index is 12.7. The standard InChI is InChI=1S/C16H19N5O/c1-20-11-18-19-14(20)12-9-21(10-16(12)6-4-7-16)15(22)13-5-2-3-8-17-13/h2-3,5,8,11-12H,4,6-7,9-10H2,1H3. The number of aromatic nitrogens is 4. The quantitative estimate of drug-likeness (QED) is 0.845. The van der Waals surface area contributed by atoms with Gasteiger partial charge in [0.25, 0.3) is 5.91 Å². The molecule has 2 aromatic rings. The van der Waals surface area contributed by atoms with E-state index in [4.69, 9.17) is 0 Å². The first-order chi connectivity index (χ1) is 10.7. The van der Waals surface area contributed by atoms with Crippen molar-refractivity contribution in [2.75, 3.05) is 13.1 Å². The Morgan fingerprint density at radius 1 is 1.36 bits per heavy atom. The molecule has 2 fully saturated rings. The first kappa shape index (κ1) is 13.4. The molecule has 1 saturated carbocycles. The minimum atomic E-state index is 0.0246. The fraction of sp³-hybridized carbons (Fsp3) is 0.500.